The van der Waals surface area contributed by atoms with Crippen LogP contribution in [0.5, 0.6) is 0 Å². The second-order valence-corrected chi connectivity index (χ2v) is 23.2. The summed E-state index contributed by atoms with van der Waals surface area (Å²) in [5.74, 6) is -0.315. The summed E-state index contributed by atoms with van der Waals surface area (Å²) < 4.78 is 14.0. The Morgan fingerprint density at radius 2 is 1.49 bits per heavy atom. The van der Waals surface area contributed by atoms with E-state index in [9.17, 15) is 9.59 Å². The lowest BCUT2D eigenvalue weighted by molar-refractivity contribution is -0.128. The molecule has 0 saturated carbocycles. The van der Waals surface area contributed by atoms with Crippen molar-refractivity contribution in [3.8, 4) is 0 Å². The highest BCUT2D eigenvalue weighted by Gasteiger charge is 2.55. The Kier molecular flexibility index (Phi) is 10.0. The summed E-state index contributed by atoms with van der Waals surface area (Å²) in [4.78, 5) is 29.5. The zero-order valence-corrected chi connectivity index (χ0v) is 27.4. The standard InChI is InChI=1S/C29H52N2O4Si2/c1-13-17-21(2)30-26(32)24-25(35-37(11,12)29(6,7)8)23(34-36(9,10)28(3,4)5)20-31(24)27(33)22-18-15-14-16-19-22/h14-16,18-19,21,23-25H,13,17,20H2,1-12H3,(H,30,32)/t21?,23-,24?,25+/m0/s1. The summed E-state index contributed by atoms with van der Waals surface area (Å²) in [5.41, 5.74) is 0.570. The van der Waals surface area contributed by atoms with Gasteiger partial charge in [0.2, 0.25) is 5.91 Å². The van der Waals surface area contributed by atoms with Gasteiger partial charge in [-0.25, -0.2) is 0 Å². The van der Waals surface area contributed by atoms with Crippen molar-refractivity contribution in [1.29, 1.82) is 0 Å². The number of amides is 2. The van der Waals surface area contributed by atoms with Gasteiger partial charge in [-0.15, -0.1) is 0 Å². The third-order valence-corrected chi connectivity index (χ3v) is 17.5. The SMILES string of the molecule is CCCC(C)NC(=O)C1[C@H](O[Si](C)(C)C(C)(C)C)[C@@H](O[Si](C)(C)C(C)(C)C)CN1C(=O)c1ccccc1. The van der Waals surface area contributed by atoms with Gasteiger partial charge in [-0.3, -0.25) is 9.59 Å². The normalized spacial score (nSPS) is 22.2. The second kappa shape index (κ2) is 11.7. The van der Waals surface area contributed by atoms with E-state index in [1.165, 1.54) is 0 Å². The molecule has 1 fully saturated rings. The lowest BCUT2D eigenvalue weighted by Crippen LogP contribution is -2.57. The van der Waals surface area contributed by atoms with Crippen molar-refractivity contribution in [1.82, 2.24) is 10.2 Å². The Bertz CT molecular complexity index is 922. The van der Waals surface area contributed by atoms with Crippen molar-refractivity contribution >= 4 is 28.4 Å². The van der Waals surface area contributed by atoms with E-state index >= 15 is 0 Å². The number of rotatable bonds is 9. The van der Waals surface area contributed by atoms with Crippen LogP contribution >= 0.6 is 0 Å². The van der Waals surface area contributed by atoms with Crippen LogP contribution < -0.4 is 5.32 Å². The summed E-state index contributed by atoms with van der Waals surface area (Å²) in [6.45, 7) is 26.5. The summed E-state index contributed by atoms with van der Waals surface area (Å²) in [7, 11) is -4.52. The van der Waals surface area contributed by atoms with E-state index in [1.54, 1.807) is 4.90 Å². The first kappa shape index (κ1) is 31.7. The summed E-state index contributed by atoms with van der Waals surface area (Å²) in [6, 6.07) is 8.48. The van der Waals surface area contributed by atoms with Gasteiger partial charge in [-0.1, -0.05) is 73.1 Å². The van der Waals surface area contributed by atoms with Gasteiger partial charge in [0.25, 0.3) is 5.91 Å². The van der Waals surface area contributed by atoms with E-state index < -0.39 is 28.8 Å². The average molecular weight is 549 g/mol. The molecule has 2 amide bonds. The van der Waals surface area contributed by atoms with E-state index in [-0.39, 0.29) is 34.0 Å². The van der Waals surface area contributed by atoms with Gasteiger partial charge in [-0.2, -0.15) is 0 Å². The molecule has 0 aromatic heterocycles. The lowest BCUT2D eigenvalue weighted by atomic mass is 10.1. The topological polar surface area (TPSA) is 67.9 Å². The first-order valence-corrected chi connectivity index (χ1v) is 19.7. The smallest absolute Gasteiger partial charge is 0.254 e. The molecule has 1 aromatic rings. The molecule has 1 aliphatic rings. The molecule has 8 heteroatoms. The second-order valence-electron chi connectivity index (χ2n) is 13.7. The highest BCUT2D eigenvalue weighted by Crippen LogP contribution is 2.43. The molecule has 1 heterocycles. The Labute approximate surface area is 228 Å². The minimum atomic E-state index is -2.30. The maximum absolute atomic E-state index is 13.9. The van der Waals surface area contributed by atoms with Gasteiger partial charge in [0, 0.05) is 18.2 Å². The number of nitrogens with zero attached hydrogens (tertiary/aromatic N) is 1. The molecule has 6 nitrogen and oxygen atoms in total. The van der Waals surface area contributed by atoms with Crippen molar-refractivity contribution in [2.45, 2.75) is 129 Å². The minimum absolute atomic E-state index is 0.0139. The predicted molar refractivity (Wildman–Crippen MR) is 158 cm³/mol. The number of carbonyl (C=O) groups excluding carboxylic acids is 2. The lowest BCUT2D eigenvalue weighted by Gasteiger charge is -2.43. The maximum Gasteiger partial charge on any atom is 0.254 e. The van der Waals surface area contributed by atoms with Crippen LogP contribution in [-0.4, -0.2) is 64.2 Å². The molecule has 1 N–H and O–H groups in total. The molecule has 4 atom stereocenters. The molecule has 0 aliphatic carbocycles. The Balaban J connectivity index is 2.60. The summed E-state index contributed by atoms with van der Waals surface area (Å²) in [6.07, 6.45) is 0.944. The van der Waals surface area contributed by atoms with Crippen molar-refractivity contribution in [2.75, 3.05) is 6.54 Å². The predicted octanol–water partition coefficient (Wildman–Crippen LogP) is 6.60. The van der Waals surface area contributed by atoms with E-state index in [0.29, 0.717) is 12.1 Å². The Morgan fingerprint density at radius 3 is 1.97 bits per heavy atom. The summed E-state index contributed by atoms with van der Waals surface area (Å²) >= 11 is 0. The molecule has 2 unspecified atom stereocenters. The van der Waals surface area contributed by atoms with Crippen LogP contribution in [0, 0.1) is 0 Å². The van der Waals surface area contributed by atoms with E-state index in [0.717, 1.165) is 12.8 Å². The van der Waals surface area contributed by atoms with Crippen molar-refractivity contribution < 1.29 is 18.4 Å². The number of hydrogen-bond acceptors (Lipinski definition) is 4. The van der Waals surface area contributed by atoms with Crippen LogP contribution in [0.2, 0.25) is 36.3 Å². The minimum Gasteiger partial charge on any atom is -0.409 e. The van der Waals surface area contributed by atoms with Gasteiger partial charge in [0.05, 0.1) is 6.10 Å². The molecule has 1 saturated heterocycles. The van der Waals surface area contributed by atoms with Crippen LogP contribution in [-0.2, 0) is 13.6 Å². The number of benzene rings is 1. The van der Waals surface area contributed by atoms with Crippen molar-refractivity contribution in [3.63, 3.8) is 0 Å². The molecule has 37 heavy (non-hydrogen) atoms. The first-order chi connectivity index (χ1) is 16.8. The summed E-state index contributed by atoms with van der Waals surface area (Å²) in [5, 5.41) is 3.12. The fourth-order valence-corrected chi connectivity index (χ4v) is 6.82. The zero-order valence-electron chi connectivity index (χ0n) is 25.4. The molecule has 0 radical (unpaired) electrons. The highest BCUT2D eigenvalue weighted by atomic mass is 28.4. The van der Waals surface area contributed by atoms with Crippen LogP contribution in [0.15, 0.2) is 30.3 Å². The molecule has 0 spiro atoms. The largest absolute Gasteiger partial charge is 0.409 e. The highest BCUT2D eigenvalue weighted by molar-refractivity contribution is 6.74. The number of hydrogen-bond donors (Lipinski definition) is 1. The van der Waals surface area contributed by atoms with Gasteiger partial charge >= 0.3 is 0 Å². The van der Waals surface area contributed by atoms with E-state index in [1.807, 2.05) is 37.3 Å². The Morgan fingerprint density at radius 1 is 0.973 bits per heavy atom. The van der Waals surface area contributed by atoms with Gasteiger partial charge < -0.3 is 19.1 Å². The first-order valence-electron chi connectivity index (χ1n) is 13.8. The quantitative estimate of drug-likeness (QED) is 0.353. The molecule has 210 valence electrons. The fraction of sp³-hybridized carbons (Fsp3) is 0.724. The average Bonchev–Trinajstić information content (AvgIpc) is 3.09. The number of nitrogens with one attached hydrogen (secondary N) is 1. The van der Waals surface area contributed by atoms with Crippen LogP contribution in [0.25, 0.3) is 0 Å². The third kappa shape index (κ3) is 7.55. The van der Waals surface area contributed by atoms with Crippen LogP contribution in [0.4, 0.5) is 0 Å². The van der Waals surface area contributed by atoms with E-state index in [2.05, 4.69) is 80.0 Å². The van der Waals surface area contributed by atoms with E-state index in [4.69, 9.17) is 8.85 Å². The van der Waals surface area contributed by atoms with Crippen molar-refractivity contribution in [3.05, 3.63) is 35.9 Å². The fourth-order valence-electron chi connectivity index (χ4n) is 4.19. The molecule has 2 rings (SSSR count). The Hall–Kier alpha value is -1.49. The van der Waals surface area contributed by atoms with Crippen LogP contribution in [0.3, 0.4) is 0 Å². The molecule has 1 aromatic carbocycles. The number of carbonyl (C=O) groups is 2. The molecular formula is C29H52N2O4Si2. The van der Waals surface area contributed by atoms with Crippen molar-refractivity contribution in [2.24, 2.45) is 0 Å². The van der Waals surface area contributed by atoms with Gasteiger partial charge in [0.15, 0.2) is 16.6 Å². The van der Waals surface area contributed by atoms with Crippen LogP contribution in [0.1, 0.15) is 78.6 Å². The van der Waals surface area contributed by atoms with Gasteiger partial charge in [-0.05, 0) is 61.7 Å². The third-order valence-electron chi connectivity index (χ3n) is 8.54. The zero-order chi connectivity index (χ0) is 28.4. The maximum atomic E-state index is 13.9. The number of likely N-dealkylation sites (tertiary alicyclic amines) is 1. The molecule has 0 bridgehead atoms. The van der Waals surface area contributed by atoms with Gasteiger partial charge in [0.1, 0.15) is 12.1 Å². The molecular weight excluding hydrogens is 497 g/mol. The monoisotopic (exact) mass is 548 g/mol. The molecule has 1 aliphatic heterocycles.